The maximum Gasteiger partial charge on any atom is 0.127 e. The molecule has 1 aliphatic heterocycles. The molecule has 0 aromatic heterocycles. The molecule has 1 aliphatic rings. The molecule has 1 fully saturated rings. The zero-order valence-electron chi connectivity index (χ0n) is 11.1. The maximum atomic E-state index is 5.86. The van der Waals surface area contributed by atoms with Gasteiger partial charge in [-0.15, -0.1) is 12.4 Å². The smallest absolute Gasteiger partial charge is 0.127 e. The number of nitrogens with one attached hydrogen (secondary N) is 1. The molecule has 0 saturated carbocycles. The highest BCUT2D eigenvalue weighted by atomic mass is 35.5. The number of rotatable bonds is 4. The Morgan fingerprint density at radius 2 is 1.50 bits per heavy atom. The van der Waals surface area contributed by atoms with Gasteiger partial charge in [0, 0.05) is 6.54 Å². The molecular weight excluding hydrogens is 274 g/mol. The number of hydrogen-bond donors (Lipinski definition) is 1. The second kappa shape index (κ2) is 7.17. The Morgan fingerprint density at radius 3 is 2.15 bits per heavy atom. The minimum Gasteiger partial charge on any atom is -0.489 e. The highest BCUT2D eigenvalue weighted by molar-refractivity contribution is 5.85. The van der Waals surface area contributed by atoms with E-state index in [9.17, 15) is 0 Å². The SMILES string of the molecule is Cl.c1ccc(Oc2ccc(O[C@@H]3CCNC3)cc2)cc1. The van der Waals surface area contributed by atoms with Crippen molar-refractivity contribution in [1.29, 1.82) is 0 Å². The van der Waals surface area contributed by atoms with Crippen LogP contribution in [-0.2, 0) is 0 Å². The quantitative estimate of drug-likeness (QED) is 0.933. The molecule has 1 atom stereocenters. The van der Waals surface area contributed by atoms with Crippen molar-refractivity contribution < 1.29 is 9.47 Å². The van der Waals surface area contributed by atoms with Gasteiger partial charge in [0.05, 0.1) is 0 Å². The number of halogens is 1. The lowest BCUT2D eigenvalue weighted by molar-refractivity contribution is 0.223. The molecule has 4 heteroatoms. The molecule has 2 aromatic carbocycles. The van der Waals surface area contributed by atoms with Crippen LogP contribution in [0.25, 0.3) is 0 Å². The number of para-hydroxylation sites is 1. The van der Waals surface area contributed by atoms with Gasteiger partial charge in [0.25, 0.3) is 0 Å². The first kappa shape index (κ1) is 14.7. The van der Waals surface area contributed by atoms with Crippen LogP contribution in [0, 0.1) is 0 Å². The summed E-state index contributed by atoms with van der Waals surface area (Å²) >= 11 is 0. The Balaban J connectivity index is 0.00000147. The monoisotopic (exact) mass is 291 g/mol. The van der Waals surface area contributed by atoms with Crippen molar-refractivity contribution in [3.05, 3.63) is 54.6 Å². The largest absolute Gasteiger partial charge is 0.489 e. The van der Waals surface area contributed by atoms with E-state index in [1.807, 2.05) is 54.6 Å². The fraction of sp³-hybridized carbons (Fsp3) is 0.250. The zero-order valence-corrected chi connectivity index (χ0v) is 11.9. The molecule has 1 heterocycles. The van der Waals surface area contributed by atoms with Gasteiger partial charge in [0.15, 0.2) is 0 Å². The van der Waals surface area contributed by atoms with Crippen LogP contribution in [0.4, 0.5) is 0 Å². The van der Waals surface area contributed by atoms with Crippen molar-refractivity contribution in [2.24, 2.45) is 0 Å². The number of ether oxygens (including phenoxy) is 2. The van der Waals surface area contributed by atoms with Crippen molar-refractivity contribution >= 4 is 12.4 Å². The topological polar surface area (TPSA) is 30.5 Å². The number of benzene rings is 2. The van der Waals surface area contributed by atoms with Crippen molar-refractivity contribution in [3.63, 3.8) is 0 Å². The highest BCUT2D eigenvalue weighted by Crippen LogP contribution is 2.24. The van der Waals surface area contributed by atoms with E-state index in [0.29, 0.717) is 6.10 Å². The summed E-state index contributed by atoms with van der Waals surface area (Å²) in [4.78, 5) is 0. The van der Waals surface area contributed by atoms with Gasteiger partial charge < -0.3 is 14.8 Å². The van der Waals surface area contributed by atoms with Gasteiger partial charge in [-0.05, 0) is 49.4 Å². The van der Waals surface area contributed by atoms with E-state index >= 15 is 0 Å². The standard InChI is InChI=1S/C16H17NO2.ClH/c1-2-4-13(5-3-1)18-14-6-8-15(9-7-14)19-16-10-11-17-12-16;/h1-9,16-17H,10-12H2;1H/t16-;/m1./s1. The van der Waals surface area contributed by atoms with E-state index in [0.717, 1.165) is 36.8 Å². The van der Waals surface area contributed by atoms with Crippen LogP contribution >= 0.6 is 12.4 Å². The molecule has 1 saturated heterocycles. The first-order valence-corrected chi connectivity index (χ1v) is 6.60. The highest BCUT2D eigenvalue weighted by Gasteiger charge is 2.15. The minimum absolute atomic E-state index is 0. The lowest BCUT2D eigenvalue weighted by Crippen LogP contribution is -2.19. The Morgan fingerprint density at radius 1 is 0.850 bits per heavy atom. The van der Waals surface area contributed by atoms with E-state index in [1.165, 1.54) is 0 Å². The molecule has 106 valence electrons. The van der Waals surface area contributed by atoms with E-state index in [4.69, 9.17) is 9.47 Å². The normalized spacial score (nSPS) is 17.3. The average Bonchev–Trinajstić information content (AvgIpc) is 2.95. The van der Waals surface area contributed by atoms with E-state index in [2.05, 4.69) is 5.32 Å². The predicted molar refractivity (Wildman–Crippen MR) is 82.1 cm³/mol. The third-order valence-electron chi connectivity index (χ3n) is 3.12. The lowest BCUT2D eigenvalue weighted by atomic mass is 10.3. The summed E-state index contributed by atoms with van der Waals surface area (Å²) < 4.78 is 11.6. The zero-order chi connectivity index (χ0) is 12.9. The summed E-state index contributed by atoms with van der Waals surface area (Å²) in [5.74, 6) is 2.56. The molecule has 1 N–H and O–H groups in total. The van der Waals surface area contributed by atoms with Gasteiger partial charge in [-0.2, -0.15) is 0 Å². The summed E-state index contributed by atoms with van der Waals surface area (Å²) in [7, 11) is 0. The van der Waals surface area contributed by atoms with Gasteiger partial charge >= 0.3 is 0 Å². The Hall–Kier alpha value is -1.71. The molecule has 3 rings (SSSR count). The fourth-order valence-corrected chi connectivity index (χ4v) is 2.13. The van der Waals surface area contributed by atoms with E-state index in [1.54, 1.807) is 0 Å². The van der Waals surface area contributed by atoms with Crippen LogP contribution in [0.2, 0.25) is 0 Å². The maximum absolute atomic E-state index is 5.86. The summed E-state index contributed by atoms with van der Waals surface area (Å²) in [5, 5.41) is 3.29. The summed E-state index contributed by atoms with van der Waals surface area (Å²) in [5.41, 5.74) is 0. The van der Waals surface area contributed by atoms with Crippen LogP contribution in [0.15, 0.2) is 54.6 Å². The molecule has 0 spiro atoms. The summed E-state index contributed by atoms with van der Waals surface area (Å²) in [6.07, 6.45) is 1.36. The van der Waals surface area contributed by atoms with Gasteiger partial charge in [-0.25, -0.2) is 0 Å². The second-order valence-electron chi connectivity index (χ2n) is 4.62. The van der Waals surface area contributed by atoms with Gasteiger partial charge in [0.1, 0.15) is 23.4 Å². The van der Waals surface area contributed by atoms with Crippen molar-refractivity contribution in [2.75, 3.05) is 13.1 Å². The van der Waals surface area contributed by atoms with Crippen LogP contribution < -0.4 is 14.8 Å². The van der Waals surface area contributed by atoms with Gasteiger partial charge in [0.2, 0.25) is 0 Å². The van der Waals surface area contributed by atoms with E-state index in [-0.39, 0.29) is 12.4 Å². The molecular formula is C16H18ClNO2. The Bertz CT molecular complexity index is 510. The third kappa shape index (κ3) is 3.89. The molecule has 20 heavy (non-hydrogen) atoms. The summed E-state index contributed by atoms with van der Waals surface area (Å²) in [6.45, 7) is 1.97. The first-order chi connectivity index (χ1) is 9.40. The third-order valence-corrected chi connectivity index (χ3v) is 3.12. The molecule has 0 unspecified atom stereocenters. The summed E-state index contributed by atoms with van der Waals surface area (Å²) in [6, 6.07) is 17.5. The van der Waals surface area contributed by atoms with Crippen LogP contribution in [0.1, 0.15) is 6.42 Å². The molecule has 2 aromatic rings. The number of hydrogen-bond acceptors (Lipinski definition) is 3. The molecule has 0 aliphatic carbocycles. The first-order valence-electron chi connectivity index (χ1n) is 6.60. The minimum atomic E-state index is 0. The van der Waals surface area contributed by atoms with Crippen LogP contribution in [0.3, 0.4) is 0 Å². The van der Waals surface area contributed by atoms with Crippen molar-refractivity contribution in [1.82, 2.24) is 5.32 Å². The molecule has 3 nitrogen and oxygen atoms in total. The predicted octanol–water partition coefficient (Wildman–Crippen LogP) is 3.64. The lowest BCUT2D eigenvalue weighted by Gasteiger charge is -2.13. The average molecular weight is 292 g/mol. The molecule has 0 bridgehead atoms. The van der Waals surface area contributed by atoms with Gasteiger partial charge in [-0.3, -0.25) is 0 Å². The van der Waals surface area contributed by atoms with Crippen LogP contribution in [-0.4, -0.2) is 19.2 Å². The van der Waals surface area contributed by atoms with Gasteiger partial charge in [-0.1, -0.05) is 18.2 Å². The fourth-order valence-electron chi connectivity index (χ4n) is 2.13. The Kier molecular flexibility index (Phi) is 5.27. The van der Waals surface area contributed by atoms with E-state index < -0.39 is 0 Å². The molecule has 0 amide bonds. The molecule has 0 radical (unpaired) electrons. The van der Waals surface area contributed by atoms with Crippen LogP contribution in [0.5, 0.6) is 17.2 Å². The van der Waals surface area contributed by atoms with Crippen molar-refractivity contribution in [2.45, 2.75) is 12.5 Å². The second-order valence-corrected chi connectivity index (χ2v) is 4.62. The van der Waals surface area contributed by atoms with Crippen molar-refractivity contribution in [3.8, 4) is 17.2 Å². The Labute approximate surface area is 125 Å².